The van der Waals surface area contributed by atoms with Gasteiger partial charge >= 0.3 is 5.97 Å². The molecule has 124 valence electrons. The molecular formula is C16H14ClN3O3S. The zero-order valence-electron chi connectivity index (χ0n) is 12.6. The predicted octanol–water partition coefficient (Wildman–Crippen LogP) is 3.37. The van der Waals surface area contributed by atoms with Crippen molar-refractivity contribution in [1.82, 2.24) is 5.43 Å². The van der Waals surface area contributed by atoms with Crippen molar-refractivity contribution < 1.29 is 15.0 Å². The summed E-state index contributed by atoms with van der Waals surface area (Å²) in [5.74, 6) is -1.31. The maximum absolute atomic E-state index is 10.8. The minimum absolute atomic E-state index is 0.00812. The van der Waals surface area contributed by atoms with Crippen LogP contribution in [0.1, 0.15) is 21.5 Å². The van der Waals surface area contributed by atoms with Crippen LogP contribution in [0.25, 0.3) is 0 Å². The number of aromatic hydroxyl groups is 1. The minimum Gasteiger partial charge on any atom is -0.507 e. The number of halogens is 1. The SMILES string of the molecule is Cc1c(Cl)cccc1NC(=S)NN=Cc1ccc(C(=O)O)cc1O. The normalized spacial score (nSPS) is 10.6. The quantitative estimate of drug-likeness (QED) is 0.378. The van der Waals surface area contributed by atoms with Crippen molar-refractivity contribution >= 4 is 46.8 Å². The van der Waals surface area contributed by atoms with Gasteiger partial charge in [-0.2, -0.15) is 5.10 Å². The molecule has 0 saturated heterocycles. The zero-order valence-corrected chi connectivity index (χ0v) is 14.1. The number of carboxylic acids is 1. The fourth-order valence-electron chi connectivity index (χ4n) is 1.84. The highest BCUT2D eigenvalue weighted by Crippen LogP contribution is 2.22. The van der Waals surface area contributed by atoms with Gasteiger partial charge in [-0.15, -0.1) is 0 Å². The van der Waals surface area contributed by atoms with E-state index in [1.54, 1.807) is 12.1 Å². The first-order chi connectivity index (χ1) is 11.4. The van der Waals surface area contributed by atoms with E-state index < -0.39 is 5.97 Å². The highest BCUT2D eigenvalue weighted by Gasteiger charge is 2.06. The van der Waals surface area contributed by atoms with Gasteiger partial charge < -0.3 is 15.5 Å². The number of rotatable bonds is 4. The van der Waals surface area contributed by atoms with Crippen LogP contribution in [0.5, 0.6) is 5.75 Å². The Kier molecular flexibility index (Phi) is 5.73. The van der Waals surface area contributed by atoms with Crippen molar-refractivity contribution in [3.8, 4) is 5.75 Å². The molecule has 0 aliphatic carbocycles. The van der Waals surface area contributed by atoms with Crippen LogP contribution in [0.2, 0.25) is 5.02 Å². The number of carboxylic acid groups (broad SMARTS) is 1. The monoisotopic (exact) mass is 363 g/mol. The van der Waals surface area contributed by atoms with E-state index in [1.165, 1.54) is 18.3 Å². The number of carbonyl (C=O) groups is 1. The highest BCUT2D eigenvalue weighted by molar-refractivity contribution is 7.80. The fraction of sp³-hybridized carbons (Fsp3) is 0.0625. The second kappa shape index (κ2) is 7.76. The third-order valence-electron chi connectivity index (χ3n) is 3.16. The van der Waals surface area contributed by atoms with Gasteiger partial charge in [0.1, 0.15) is 5.75 Å². The number of hydrogen-bond acceptors (Lipinski definition) is 4. The fourth-order valence-corrected chi connectivity index (χ4v) is 2.18. The van der Waals surface area contributed by atoms with Crippen LogP contribution in [-0.2, 0) is 0 Å². The molecule has 24 heavy (non-hydrogen) atoms. The minimum atomic E-state index is -1.12. The molecule has 0 radical (unpaired) electrons. The summed E-state index contributed by atoms with van der Waals surface area (Å²) in [6.45, 7) is 1.86. The lowest BCUT2D eigenvalue weighted by Crippen LogP contribution is -2.24. The molecule has 0 fully saturated rings. The molecule has 8 heteroatoms. The van der Waals surface area contributed by atoms with E-state index in [-0.39, 0.29) is 16.4 Å². The van der Waals surface area contributed by atoms with Crippen LogP contribution >= 0.6 is 23.8 Å². The number of anilines is 1. The average molecular weight is 364 g/mol. The summed E-state index contributed by atoms with van der Waals surface area (Å²) in [7, 11) is 0. The molecule has 2 rings (SSSR count). The first-order valence-corrected chi connectivity index (χ1v) is 7.58. The van der Waals surface area contributed by atoms with Crippen LogP contribution in [0.4, 0.5) is 5.69 Å². The largest absolute Gasteiger partial charge is 0.507 e. The topological polar surface area (TPSA) is 94.0 Å². The van der Waals surface area contributed by atoms with Crippen LogP contribution in [0.15, 0.2) is 41.5 Å². The van der Waals surface area contributed by atoms with Gasteiger partial charge in [-0.1, -0.05) is 17.7 Å². The van der Waals surface area contributed by atoms with Crippen molar-refractivity contribution in [2.45, 2.75) is 6.92 Å². The Morgan fingerprint density at radius 3 is 2.75 bits per heavy atom. The zero-order chi connectivity index (χ0) is 17.7. The standard InChI is InChI=1S/C16H14ClN3O3S/c1-9-12(17)3-2-4-13(9)19-16(24)20-18-8-11-6-5-10(15(22)23)7-14(11)21/h2-8,21H,1H3,(H,22,23)(H2,19,20,24). The summed E-state index contributed by atoms with van der Waals surface area (Å²) >= 11 is 11.2. The summed E-state index contributed by atoms with van der Waals surface area (Å²) in [6.07, 6.45) is 1.33. The number of hydrogen-bond donors (Lipinski definition) is 4. The van der Waals surface area contributed by atoms with Crippen LogP contribution in [0, 0.1) is 6.92 Å². The molecule has 0 spiro atoms. The maximum atomic E-state index is 10.8. The Balaban J connectivity index is 2.00. The van der Waals surface area contributed by atoms with Gasteiger partial charge in [-0.25, -0.2) is 4.79 Å². The summed E-state index contributed by atoms with van der Waals surface area (Å²) < 4.78 is 0. The van der Waals surface area contributed by atoms with Crippen molar-refractivity contribution in [2.75, 3.05) is 5.32 Å². The van der Waals surface area contributed by atoms with E-state index in [1.807, 2.05) is 13.0 Å². The Morgan fingerprint density at radius 1 is 1.33 bits per heavy atom. The molecule has 0 aliphatic heterocycles. The first-order valence-electron chi connectivity index (χ1n) is 6.80. The smallest absolute Gasteiger partial charge is 0.335 e. The number of phenolic OH excluding ortho intramolecular Hbond substituents is 1. The summed E-state index contributed by atoms with van der Waals surface area (Å²) in [5.41, 5.74) is 4.57. The average Bonchev–Trinajstić information content (AvgIpc) is 2.53. The molecule has 2 aromatic rings. The van der Waals surface area contributed by atoms with Crippen molar-refractivity contribution in [3.63, 3.8) is 0 Å². The maximum Gasteiger partial charge on any atom is 0.335 e. The second-order valence-electron chi connectivity index (χ2n) is 4.82. The van der Waals surface area contributed by atoms with Crippen molar-refractivity contribution in [3.05, 3.63) is 58.1 Å². The van der Waals surface area contributed by atoms with Crippen LogP contribution in [0.3, 0.4) is 0 Å². The van der Waals surface area contributed by atoms with E-state index >= 15 is 0 Å². The number of phenols is 1. The third kappa shape index (κ3) is 4.43. The van der Waals surface area contributed by atoms with Gasteiger partial charge in [0.25, 0.3) is 0 Å². The molecule has 0 heterocycles. The molecule has 0 amide bonds. The Morgan fingerprint density at radius 2 is 2.08 bits per heavy atom. The number of thiocarbonyl (C=S) groups is 1. The van der Waals surface area contributed by atoms with Crippen LogP contribution in [-0.4, -0.2) is 27.5 Å². The predicted molar refractivity (Wildman–Crippen MR) is 98.2 cm³/mol. The first kappa shape index (κ1) is 17.7. The number of benzene rings is 2. The van der Waals surface area contributed by atoms with Crippen LogP contribution < -0.4 is 10.7 Å². The summed E-state index contributed by atoms with van der Waals surface area (Å²) in [5, 5.41) is 26.3. The molecule has 0 bridgehead atoms. The summed E-state index contributed by atoms with van der Waals surface area (Å²) in [6, 6.07) is 9.37. The molecule has 0 saturated carbocycles. The van der Waals surface area contributed by atoms with E-state index in [4.69, 9.17) is 28.9 Å². The number of nitrogens with one attached hydrogen (secondary N) is 2. The molecule has 0 atom stereocenters. The van der Waals surface area contributed by atoms with Gasteiger partial charge in [0.2, 0.25) is 0 Å². The van der Waals surface area contributed by atoms with Gasteiger partial charge in [-0.05, 0) is 55.0 Å². The van der Waals surface area contributed by atoms with E-state index in [2.05, 4.69) is 15.8 Å². The Bertz CT molecular complexity index is 824. The molecule has 2 aromatic carbocycles. The van der Waals surface area contributed by atoms with E-state index in [9.17, 15) is 9.90 Å². The number of hydrazone groups is 1. The number of nitrogens with zero attached hydrogens (tertiary/aromatic N) is 1. The van der Waals surface area contributed by atoms with Gasteiger partial charge in [-0.3, -0.25) is 5.43 Å². The third-order valence-corrected chi connectivity index (χ3v) is 3.77. The van der Waals surface area contributed by atoms with Gasteiger partial charge in [0, 0.05) is 16.3 Å². The molecule has 0 unspecified atom stereocenters. The van der Waals surface area contributed by atoms with Crippen molar-refractivity contribution in [1.29, 1.82) is 0 Å². The number of aromatic carboxylic acids is 1. The van der Waals surface area contributed by atoms with Gasteiger partial charge in [0.05, 0.1) is 11.8 Å². The van der Waals surface area contributed by atoms with E-state index in [0.29, 0.717) is 10.6 Å². The summed E-state index contributed by atoms with van der Waals surface area (Å²) in [4.78, 5) is 10.8. The van der Waals surface area contributed by atoms with Crippen molar-refractivity contribution in [2.24, 2.45) is 5.10 Å². The molecular weight excluding hydrogens is 350 g/mol. The Labute approximate surface area is 148 Å². The molecule has 6 nitrogen and oxygen atoms in total. The highest BCUT2D eigenvalue weighted by atomic mass is 35.5. The molecule has 4 N–H and O–H groups in total. The van der Waals surface area contributed by atoms with E-state index in [0.717, 1.165) is 17.3 Å². The molecule has 0 aliphatic rings. The van der Waals surface area contributed by atoms with Gasteiger partial charge in [0.15, 0.2) is 5.11 Å². The lowest BCUT2D eigenvalue weighted by molar-refractivity contribution is 0.0696. The molecule has 0 aromatic heterocycles. The Hall–Kier alpha value is -2.64. The lowest BCUT2D eigenvalue weighted by Gasteiger charge is -2.10. The second-order valence-corrected chi connectivity index (χ2v) is 5.63. The lowest BCUT2D eigenvalue weighted by atomic mass is 10.1.